The van der Waals surface area contributed by atoms with Crippen LogP contribution in [0.15, 0.2) is 82.8 Å². The molecule has 0 atom stereocenters. The van der Waals surface area contributed by atoms with Crippen molar-refractivity contribution in [3.63, 3.8) is 0 Å². The first kappa shape index (κ1) is 22.7. The van der Waals surface area contributed by atoms with E-state index in [0.717, 1.165) is 16.4 Å². The van der Waals surface area contributed by atoms with E-state index in [1.807, 2.05) is 0 Å². The molecule has 0 saturated heterocycles. The molecule has 0 fully saturated rings. The quantitative estimate of drug-likeness (QED) is 0.296. The van der Waals surface area contributed by atoms with Gasteiger partial charge in [-0.2, -0.15) is 5.10 Å². The van der Waals surface area contributed by atoms with Crippen molar-refractivity contribution in [1.29, 1.82) is 0 Å². The first-order valence-corrected chi connectivity index (χ1v) is 11.3. The lowest BCUT2D eigenvalue weighted by atomic mass is 10.2. The van der Waals surface area contributed by atoms with Crippen LogP contribution in [0.4, 0.5) is 11.4 Å². The molecule has 11 nitrogen and oxygen atoms in total. The maximum atomic E-state index is 13.4. The molecular weight excluding hydrogens is 464 g/mol. The zero-order valence-corrected chi connectivity index (χ0v) is 18.3. The highest BCUT2D eigenvalue weighted by atomic mass is 32.2. The molecule has 4 rings (SSSR count). The number of anilines is 1. The zero-order chi connectivity index (χ0) is 24.1. The fraction of sp³-hybridized carbons (Fsp3) is 0.0909. The van der Waals surface area contributed by atoms with Crippen molar-refractivity contribution in [1.82, 2.24) is 5.43 Å². The second-order valence-corrected chi connectivity index (χ2v) is 8.81. The number of nitrogens with zero attached hydrogens (tertiary/aromatic N) is 3. The van der Waals surface area contributed by atoms with Crippen molar-refractivity contribution in [2.45, 2.75) is 4.90 Å². The molecule has 34 heavy (non-hydrogen) atoms. The van der Waals surface area contributed by atoms with Gasteiger partial charge in [-0.05, 0) is 42.0 Å². The van der Waals surface area contributed by atoms with E-state index >= 15 is 0 Å². The number of carbonyl (C=O) groups excluding carboxylic acids is 1. The van der Waals surface area contributed by atoms with Crippen LogP contribution in [-0.4, -0.2) is 38.8 Å². The molecule has 1 N–H and O–H groups in total. The summed E-state index contributed by atoms with van der Waals surface area (Å²) < 4.78 is 38.1. The maximum Gasteiger partial charge on any atom is 0.289 e. The number of nitrogens with one attached hydrogen (secondary N) is 1. The summed E-state index contributed by atoms with van der Waals surface area (Å²) in [4.78, 5) is 22.7. The third kappa shape index (κ3) is 4.81. The van der Waals surface area contributed by atoms with Crippen LogP contribution in [0.1, 0.15) is 5.56 Å². The fourth-order valence-corrected chi connectivity index (χ4v) is 4.77. The molecule has 1 heterocycles. The third-order valence-corrected chi connectivity index (χ3v) is 6.58. The van der Waals surface area contributed by atoms with E-state index in [1.165, 1.54) is 30.5 Å². The number of nitro groups is 1. The summed E-state index contributed by atoms with van der Waals surface area (Å²) in [6, 6.07) is 17.8. The molecule has 0 spiro atoms. The van der Waals surface area contributed by atoms with Crippen LogP contribution in [0.25, 0.3) is 0 Å². The van der Waals surface area contributed by atoms with Gasteiger partial charge in [0.2, 0.25) is 6.79 Å². The monoisotopic (exact) mass is 482 g/mol. The molecule has 0 saturated carbocycles. The van der Waals surface area contributed by atoms with Gasteiger partial charge in [0.25, 0.3) is 21.6 Å². The van der Waals surface area contributed by atoms with E-state index in [4.69, 9.17) is 9.47 Å². The SMILES string of the molecule is O=C(CN(c1ccccc1)S(=O)(=O)c1ccccc1[N+](=O)[O-])N/N=C/c1ccc2c(c1)OCO2. The van der Waals surface area contributed by atoms with E-state index in [9.17, 15) is 23.3 Å². The summed E-state index contributed by atoms with van der Waals surface area (Å²) in [6.07, 6.45) is 1.36. The Morgan fingerprint density at radius 2 is 1.76 bits per heavy atom. The molecule has 3 aromatic rings. The summed E-state index contributed by atoms with van der Waals surface area (Å²) in [7, 11) is -4.46. The average molecular weight is 482 g/mol. The normalized spacial score (nSPS) is 12.5. The largest absolute Gasteiger partial charge is 0.454 e. The standard InChI is InChI=1S/C22H18N4O7S/c27-22(24-23-13-16-10-11-19-20(12-16)33-15-32-19)14-25(17-6-2-1-3-7-17)34(30,31)21-9-5-4-8-18(21)26(28)29/h1-13H,14-15H2,(H,24,27)/b23-13+. The number of hydrazone groups is 1. The number of fused-ring (bicyclic) bond motifs is 1. The molecule has 0 radical (unpaired) electrons. The molecule has 1 aliphatic rings. The Morgan fingerprint density at radius 1 is 1.06 bits per heavy atom. The summed E-state index contributed by atoms with van der Waals surface area (Å²) in [5.41, 5.74) is 2.47. The zero-order valence-electron chi connectivity index (χ0n) is 17.5. The van der Waals surface area contributed by atoms with Crippen LogP contribution in [0.5, 0.6) is 11.5 Å². The number of para-hydroxylation sites is 2. The number of hydrogen-bond donors (Lipinski definition) is 1. The molecule has 12 heteroatoms. The van der Waals surface area contributed by atoms with Gasteiger partial charge >= 0.3 is 0 Å². The molecule has 0 aliphatic carbocycles. The number of rotatable bonds is 8. The lowest BCUT2D eigenvalue weighted by Crippen LogP contribution is -2.39. The minimum Gasteiger partial charge on any atom is -0.454 e. The first-order valence-electron chi connectivity index (χ1n) is 9.89. The van der Waals surface area contributed by atoms with Crippen molar-refractivity contribution >= 4 is 33.5 Å². The molecule has 174 valence electrons. The highest BCUT2D eigenvalue weighted by Gasteiger charge is 2.33. The number of carbonyl (C=O) groups is 1. The van der Waals surface area contributed by atoms with Gasteiger partial charge < -0.3 is 9.47 Å². The molecule has 0 aromatic heterocycles. The molecular formula is C22H18N4O7S. The number of nitro benzene ring substituents is 1. The summed E-state index contributed by atoms with van der Waals surface area (Å²) in [5.74, 6) is 0.393. The number of amides is 1. The fourth-order valence-electron chi connectivity index (χ4n) is 3.19. The highest BCUT2D eigenvalue weighted by Crippen LogP contribution is 2.32. The molecule has 0 bridgehead atoms. The van der Waals surface area contributed by atoms with Gasteiger partial charge in [-0.1, -0.05) is 30.3 Å². The van der Waals surface area contributed by atoms with Gasteiger partial charge in [0.15, 0.2) is 16.4 Å². The van der Waals surface area contributed by atoms with Gasteiger partial charge in [-0.15, -0.1) is 0 Å². The predicted molar refractivity (Wildman–Crippen MR) is 122 cm³/mol. The lowest BCUT2D eigenvalue weighted by Gasteiger charge is -2.23. The molecule has 1 aliphatic heterocycles. The Hall–Kier alpha value is -4.45. The Bertz CT molecular complexity index is 1360. The molecule has 0 unspecified atom stereocenters. The van der Waals surface area contributed by atoms with E-state index in [0.29, 0.717) is 17.1 Å². The number of benzene rings is 3. The van der Waals surface area contributed by atoms with Crippen LogP contribution in [0.3, 0.4) is 0 Å². The van der Waals surface area contributed by atoms with Crippen LogP contribution in [-0.2, 0) is 14.8 Å². The Balaban J connectivity index is 1.56. The second-order valence-electron chi connectivity index (χ2n) is 6.98. The lowest BCUT2D eigenvalue weighted by molar-refractivity contribution is -0.387. The Morgan fingerprint density at radius 3 is 2.53 bits per heavy atom. The second kappa shape index (κ2) is 9.58. The maximum absolute atomic E-state index is 13.4. The van der Waals surface area contributed by atoms with Crippen molar-refractivity contribution in [2.75, 3.05) is 17.6 Å². The summed E-state index contributed by atoms with van der Waals surface area (Å²) in [6.45, 7) is -0.535. The van der Waals surface area contributed by atoms with Crippen LogP contribution in [0, 0.1) is 10.1 Å². The third-order valence-electron chi connectivity index (χ3n) is 4.76. The van der Waals surface area contributed by atoms with Crippen molar-refractivity contribution in [3.8, 4) is 11.5 Å². The summed E-state index contributed by atoms with van der Waals surface area (Å²) in [5, 5.41) is 15.3. The van der Waals surface area contributed by atoms with Crippen molar-refractivity contribution in [2.24, 2.45) is 5.10 Å². The first-order chi connectivity index (χ1) is 16.4. The van der Waals surface area contributed by atoms with Gasteiger partial charge in [0.05, 0.1) is 16.8 Å². The predicted octanol–water partition coefficient (Wildman–Crippen LogP) is 2.67. The van der Waals surface area contributed by atoms with E-state index in [2.05, 4.69) is 10.5 Å². The Kier molecular flexibility index (Phi) is 6.41. The van der Waals surface area contributed by atoms with Crippen LogP contribution >= 0.6 is 0 Å². The molecule has 1 amide bonds. The van der Waals surface area contributed by atoms with Gasteiger partial charge in [0.1, 0.15) is 6.54 Å². The number of sulfonamides is 1. The van der Waals surface area contributed by atoms with Crippen LogP contribution in [0.2, 0.25) is 0 Å². The minimum atomic E-state index is -4.46. The number of ether oxygens (including phenoxy) is 2. The smallest absolute Gasteiger partial charge is 0.289 e. The summed E-state index contributed by atoms with van der Waals surface area (Å²) >= 11 is 0. The van der Waals surface area contributed by atoms with Crippen molar-refractivity contribution < 1.29 is 27.6 Å². The van der Waals surface area contributed by atoms with E-state index < -0.39 is 38.0 Å². The van der Waals surface area contributed by atoms with E-state index in [1.54, 1.807) is 36.4 Å². The minimum absolute atomic E-state index is 0.121. The Labute approximate surface area is 194 Å². The van der Waals surface area contributed by atoms with E-state index in [-0.39, 0.29) is 12.5 Å². The van der Waals surface area contributed by atoms with Crippen molar-refractivity contribution in [3.05, 3.63) is 88.5 Å². The van der Waals surface area contributed by atoms with Gasteiger partial charge in [-0.3, -0.25) is 19.2 Å². The topological polar surface area (TPSA) is 140 Å². The van der Waals surface area contributed by atoms with Gasteiger partial charge in [0, 0.05) is 6.07 Å². The number of hydrogen-bond acceptors (Lipinski definition) is 8. The van der Waals surface area contributed by atoms with Gasteiger partial charge in [-0.25, -0.2) is 13.8 Å². The van der Waals surface area contributed by atoms with Crippen LogP contribution < -0.4 is 19.2 Å². The molecule has 3 aromatic carbocycles. The highest BCUT2D eigenvalue weighted by molar-refractivity contribution is 7.93. The average Bonchev–Trinajstić information content (AvgIpc) is 3.31.